The van der Waals surface area contributed by atoms with Gasteiger partial charge in [-0.15, -0.1) is 0 Å². The minimum absolute atomic E-state index is 0.315. The van der Waals surface area contributed by atoms with Crippen LogP contribution >= 0.6 is 11.3 Å². The Morgan fingerprint density at radius 1 is 1.30 bits per heavy atom. The second-order valence-corrected chi connectivity index (χ2v) is 6.66. The van der Waals surface area contributed by atoms with Crippen LogP contribution in [0.5, 0.6) is 10.8 Å². The lowest BCUT2D eigenvalue weighted by atomic mass is 10.1. The highest BCUT2D eigenvalue weighted by Crippen LogP contribution is 2.38. The predicted molar refractivity (Wildman–Crippen MR) is 82.0 cm³/mol. The number of rotatable bonds is 2. The second-order valence-electron chi connectivity index (χ2n) is 5.64. The summed E-state index contributed by atoms with van der Waals surface area (Å²) < 4.78 is 11.7. The highest BCUT2D eigenvalue weighted by molar-refractivity contribution is 7.21. The van der Waals surface area contributed by atoms with Gasteiger partial charge in [0.05, 0.1) is 7.11 Å². The lowest BCUT2D eigenvalue weighted by molar-refractivity contribution is 0.192. The van der Waals surface area contributed by atoms with Crippen LogP contribution < -0.4 is 14.8 Å². The Bertz CT molecular complexity index is 640. The number of hydrogen-bond donors (Lipinski definition) is 1. The number of hydrogen-bond acceptors (Lipinski definition) is 4. The number of carbonyl (C=O) groups excluding carboxylic acids is 1. The molecule has 0 radical (unpaired) electrons. The van der Waals surface area contributed by atoms with Crippen molar-refractivity contribution in [2.24, 2.45) is 0 Å². The molecule has 0 saturated heterocycles. The molecule has 0 unspecified atom stereocenters. The molecule has 1 aromatic carbocycles. The lowest BCUT2D eigenvalue weighted by Crippen LogP contribution is -2.42. The van der Waals surface area contributed by atoms with E-state index in [1.807, 2.05) is 45.9 Å². The van der Waals surface area contributed by atoms with Crippen LogP contribution in [-0.4, -0.2) is 18.7 Å². The van der Waals surface area contributed by atoms with Crippen molar-refractivity contribution in [3.63, 3.8) is 0 Å². The molecule has 2 rings (SSSR count). The predicted octanol–water partition coefficient (Wildman–Crippen LogP) is 4.11. The summed E-state index contributed by atoms with van der Waals surface area (Å²) in [6.07, 6.45) is -0.431. The molecular formula is C15H19NO3S. The smallest absolute Gasteiger partial charge is 0.413 e. The molecule has 5 heteroatoms. The summed E-state index contributed by atoms with van der Waals surface area (Å²) in [7, 11) is 1.64. The zero-order chi connectivity index (χ0) is 14.9. The fraction of sp³-hybridized carbons (Fsp3) is 0.400. The highest BCUT2D eigenvalue weighted by Gasteiger charge is 2.18. The zero-order valence-electron chi connectivity index (χ0n) is 12.4. The van der Waals surface area contributed by atoms with Gasteiger partial charge in [-0.05, 0) is 45.9 Å². The first-order valence-corrected chi connectivity index (χ1v) is 7.19. The molecule has 1 amide bonds. The molecular weight excluding hydrogens is 274 g/mol. The monoisotopic (exact) mass is 293 g/mol. The Balaban J connectivity index is 2.27. The largest absolute Gasteiger partial charge is 0.497 e. The SMILES string of the molecule is COc1ccc2sc(OC(=O)NC(C)(C)C)c(C)c2c1. The summed E-state index contributed by atoms with van der Waals surface area (Å²) in [4.78, 5) is 11.8. The molecule has 1 aromatic heterocycles. The molecule has 1 heterocycles. The Morgan fingerprint density at radius 2 is 2.00 bits per heavy atom. The van der Waals surface area contributed by atoms with Crippen LogP contribution in [0.4, 0.5) is 4.79 Å². The normalized spacial score (nSPS) is 11.4. The van der Waals surface area contributed by atoms with Gasteiger partial charge in [0.25, 0.3) is 0 Å². The van der Waals surface area contributed by atoms with Crippen LogP contribution in [0.15, 0.2) is 18.2 Å². The van der Waals surface area contributed by atoms with Gasteiger partial charge in [-0.3, -0.25) is 0 Å². The van der Waals surface area contributed by atoms with Crippen molar-refractivity contribution in [3.8, 4) is 10.8 Å². The average Bonchev–Trinajstić information content (AvgIpc) is 2.63. The fourth-order valence-electron chi connectivity index (χ4n) is 1.82. The van der Waals surface area contributed by atoms with Crippen LogP contribution in [-0.2, 0) is 0 Å². The zero-order valence-corrected chi connectivity index (χ0v) is 13.2. The maximum Gasteiger partial charge on any atom is 0.413 e. The van der Waals surface area contributed by atoms with E-state index in [1.54, 1.807) is 7.11 Å². The van der Waals surface area contributed by atoms with E-state index in [1.165, 1.54) is 11.3 Å². The standard InChI is InChI=1S/C15H19NO3S/c1-9-11-8-10(18-5)6-7-12(11)20-13(9)19-14(17)16-15(2,3)4/h6-8H,1-5H3,(H,16,17). The number of ether oxygens (including phenoxy) is 2. The van der Waals surface area contributed by atoms with Crippen LogP contribution in [0.3, 0.4) is 0 Å². The molecule has 20 heavy (non-hydrogen) atoms. The van der Waals surface area contributed by atoms with E-state index in [4.69, 9.17) is 9.47 Å². The first-order valence-electron chi connectivity index (χ1n) is 6.37. The van der Waals surface area contributed by atoms with Crippen molar-refractivity contribution < 1.29 is 14.3 Å². The van der Waals surface area contributed by atoms with Crippen LogP contribution in [0, 0.1) is 6.92 Å². The van der Waals surface area contributed by atoms with Gasteiger partial charge in [0.2, 0.25) is 0 Å². The van der Waals surface area contributed by atoms with E-state index < -0.39 is 6.09 Å². The summed E-state index contributed by atoms with van der Waals surface area (Å²) in [6, 6.07) is 5.83. The second kappa shape index (κ2) is 5.32. The fourth-order valence-corrected chi connectivity index (χ4v) is 2.86. The molecule has 0 atom stereocenters. The number of thiophene rings is 1. The Morgan fingerprint density at radius 3 is 2.60 bits per heavy atom. The Hall–Kier alpha value is -1.75. The van der Waals surface area contributed by atoms with Crippen molar-refractivity contribution in [3.05, 3.63) is 23.8 Å². The lowest BCUT2D eigenvalue weighted by Gasteiger charge is -2.19. The van der Waals surface area contributed by atoms with Crippen molar-refractivity contribution in [2.75, 3.05) is 7.11 Å². The number of benzene rings is 1. The van der Waals surface area contributed by atoms with Crippen LogP contribution in [0.25, 0.3) is 10.1 Å². The topological polar surface area (TPSA) is 47.6 Å². The summed E-state index contributed by atoms with van der Waals surface area (Å²) in [5.41, 5.74) is 0.637. The van der Waals surface area contributed by atoms with Crippen molar-refractivity contribution in [1.29, 1.82) is 0 Å². The third-order valence-electron chi connectivity index (χ3n) is 2.76. The molecule has 0 spiro atoms. The van der Waals surface area contributed by atoms with E-state index >= 15 is 0 Å². The van der Waals surface area contributed by atoms with Crippen molar-refractivity contribution >= 4 is 27.5 Å². The molecule has 0 fully saturated rings. The molecule has 0 bridgehead atoms. The highest BCUT2D eigenvalue weighted by atomic mass is 32.1. The third kappa shape index (κ3) is 3.22. The number of aryl methyl sites for hydroxylation is 1. The Labute approximate surface area is 122 Å². The molecule has 4 nitrogen and oxygen atoms in total. The number of fused-ring (bicyclic) bond motifs is 1. The van der Waals surface area contributed by atoms with Crippen LogP contribution in [0.2, 0.25) is 0 Å². The van der Waals surface area contributed by atoms with Gasteiger partial charge < -0.3 is 14.8 Å². The quantitative estimate of drug-likeness (QED) is 0.906. The number of nitrogens with one attached hydrogen (secondary N) is 1. The number of amides is 1. The number of methoxy groups -OCH3 is 1. The molecule has 0 aliphatic heterocycles. The van der Waals surface area contributed by atoms with E-state index in [9.17, 15) is 4.79 Å². The van der Waals surface area contributed by atoms with Gasteiger partial charge in [-0.2, -0.15) is 0 Å². The molecule has 1 N–H and O–H groups in total. The maximum atomic E-state index is 11.8. The van der Waals surface area contributed by atoms with Crippen molar-refractivity contribution in [1.82, 2.24) is 5.32 Å². The van der Waals surface area contributed by atoms with Crippen LogP contribution in [0.1, 0.15) is 26.3 Å². The van der Waals surface area contributed by atoms with E-state index in [-0.39, 0.29) is 5.54 Å². The summed E-state index contributed by atoms with van der Waals surface area (Å²) in [6.45, 7) is 7.68. The minimum Gasteiger partial charge on any atom is -0.497 e. The maximum absolute atomic E-state index is 11.8. The van der Waals surface area contributed by atoms with Gasteiger partial charge >= 0.3 is 6.09 Å². The van der Waals surface area contributed by atoms with E-state index in [2.05, 4.69) is 5.32 Å². The first-order chi connectivity index (χ1) is 9.30. The first kappa shape index (κ1) is 14.7. The average molecular weight is 293 g/mol. The van der Waals surface area contributed by atoms with Crippen molar-refractivity contribution in [2.45, 2.75) is 33.2 Å². The van der Waals surface area contributed by atoms with Gasteiger partial charge in [-0.25, -0.2) is 4.79 Å². The van der Waals surface area contributed by atoms with E-state index in [0.29, 0.717) is 5.06 Å². The van der Waals surface area contributed by atoms with Gasteiger partial charge in [0, 0.05) is 21.2 Å². The molecule has 108 valence electrons. The molecule has 0 aliphatic carbocycles. The molecule has 2 aromatic rings. The summed E-state index contributed by atoms with van der Waals surface area (Å²) >= 11 is 1.46. The summed E-state index contributed by atoms with van der Waals surface area (Å²) in [5.74, 6) is 0.795. The third-order valence-corrected chi connectivity index (χ3v) is 3.91. The van der Waals surface area contributed by atoms with Gasteiger partial charge in [0.15, 0.2) is 5.06 Å². The van der Waals surface area contributed by atoms with Gasteiger partial charge in [0.1, 0.15) is 5.75 Å². The van der Waals surface area contributed by atoms with Gasteiger partial charge in [-0.1, -0.05) is 11.3 Å². The molecule has 0 saturated carbocycles. The van der Waals surface area contributed by atoms with E-state index in [0.717, 1.165) is 21.4 Å². The summed E-state index contributed by atoms with van der Waals surface area (Å²) in [5, 5.41) is 4.45. The minimum atomic E-state index is -0.431. The Kier molecular flexibility index (Phi) is 3.90. The molecule has 0 aliphatic rings. The number of carbonyl (C=O) groups is 1.